The molecule has 3 rings (SSSR count). The van der Waals surface area contributed by atoms with Gasteiger partial charge in [-0.1, -0.05) is 0 Å². The highest BCUT2D eigenvalue weighted by Crippen LogP contribution is 2.18. The van der Waals surface area contributed by atoms with Crippen molar-refractivity contribution >= 4 is 5.82 Å². The van der Waals surface area contributed by atoms with Gasteiger partial charge in [0, 0.05) is 25.9 Å². The first-order chi connectivity index (χ1) is 10.1. The number of nitrogens with one attached hydrogen (secondary N) is 2. The Kier molecular flexibility index (Phi) is 3.23. The quantitative estimate of drug-likeness (QED) is 0.755. The maximum absolute atomic E-state index is 12.1. The van der Waals surface area contributed by atoms with Crippen LogP contribution in [0, 0.1) is 0 Å². The molecule has 3 heterocycles. The highest BCUT2D eigenvalue weighted by molar-refractivity contribution is 5.64. The van der Waals surface area contributed by atoms with Crippen molar-refractivity contribution in [3.8, 4) is 22.5 Å². The van der Waals surface area contributed by atoms with Gasteiger partial charge in [0.05, 0.1) is 17.5 Å². The Bertz CT molecular complexity index is 789. The molecule has 0 unspecified atom stereocenters. The first-order valence-corrected chi connectivity index (χ1v) is 6.39. The maximum Gasteiger partial charge on any atom is 0.256 e. The third-order valence-electron chi connectivity index (χ3n) is 3.10. The predicted octanol–water partition coefficient (Wildman–Crippen LogP) is 1.29. The van der Waals surface area contributed by atoms with Crippen LogP contribution in [0.5, 0.6) is 0 Å². The van der Waals surface area contributed by atoms with Crippen LogP contribution >= 0.6 is 0 Å². The molecule has 0 saturated heterocycles. The van der Waals surface area contributed by atoms with E-state index in [0.717, 1.165) is 11.4 Å². The van der Waals surface area contributed by atoms with Crippen molar-refractivity contribution in [2.75, 3.05) is 19.0 Å². The molecule has 3 aromatic heterocycles. The van der Waals surface area contributed by atoms with Gasteiger partial charge >= 0.3 is 0 Å². The molecule has 0 spiro atoms. The summed E-state index contributed by atoms with van der Waals surface area (Å²) in [5, 5.41) is 14.7. The van der Waals surface area contributed by atoms with Crippen LogP contribution in [0.3, 0.4) is 0 Å². The summed E-state index contributed by atoms with van der Waals surface area (Å²) < 4.78 is 0. The minimum absolute atomic E-state index is 0.188. The van der Waals surface area contributed by atoms with Crippen LogP contribution in [0.4, 0.5) is 5.82 Å². The number of pyridine rings is 1. The molecular weight excluding hydrogens is 268 g/mol. The first-order valence-electron chi connectivity index (χ1n) is 6.39. The van der Waals surface area contributed by atoms with E-state index in [2.05, 4.69) is 25.4 Å². The van der Waals surface area contributed by atoms with E-state index >= 15 is 0 Å². The van der Waals surface area contributed by atoms with E-state index in [9.17, 15) is 4.79 Å². The highest BCUT2D eigenvalue weighted by Gasteiger charge is 2.08. The minimum Gasteiger partial charge on any atom is -0.361 e. The van der Waals surface area contributed by atoms with E-state index in [-0.39, 0.29) is 5.56 Å². The molecule has 0 aliphatic carbocycles. The normalized spacial score (nSPS) is 10.6. The summed E-state index contributed by atoms with van der Waals surface area (Å²) in [7, 11) is 3.79. The summed E-state index contributed by atoms with van der Waals surface area (Å²) in [6, 6.07) is 7.24. The topological polar surface area (TPSA) is 90.6 Å². The van der Waals surface area contributed by atoms with Crippen molar-refractivity contribution < 1.29 is 0 Å². The van der Waals surface area contributed by atoms with Gasteiger partial charge in [-0.2, -0.15) is 5.10 Å². The van der Waals surface area contributed by atoms with Gasteiger partial charge in [0.25, 0.3) is 5.56 Å². The Balaban J connectivity index is 1.97. The zero-order valence-corrected chi connectivity index (χ0v) is 11.7. The van der Waals surface area contributed by atoms with E-state index < -0.39 is 0 Å². The largest absolute Gasteiger partial charge is 0.361 e. The van der Waals surface area contributed by atoms with Crippen molar-refractivity contribution in [3.63, 3.8) is 0 Å². The molecule has 0 bridgehead atoms. The maximum atomic E-state index is 12.1. The van der Waals surface area contributed by atoms with Gasteiger partial charge in [0.1, 0.15) is 5.69 Å². The Hall–Kier alpha value is -2.96. The second-order valence-electron chi connectivity index (χ2n) is 4.77. The Morgan fingerprint density at radius 3 is 2.52 bits per heavy atom. The monoisotopic (exact) mass is 282 g/mol. The number of aromatic nitrogens is 5. The van der Waals surface area contributed by atoms with Gasteiger partial charge in [-0.05, 0) is 24.3 Å². The van der Waals surface area contributed by atoms with Crippen LogP contribution in [0.25, 0.3) is 22.5 Å². The summed E-state index contributed by atoms with van der Waals surface area (Å²) >= 11 is 0. The fourth-order valence-electron chi connectivity index (χ4n) is 1.96. The number of aromatic amines is 2. The van der Waals surface area contributed by atoms with Gasteiger partial charge in [-0.15, -0.1) is 10.2 Å². The summed E-state index contributed by atoms with van der Waals surface area (Å²) in [6.07, 6.45) is 3.28. The van der Waals surface area contributed by atoms with E-state index in [0.29, 0.717) is 17.0 Å². The van der Waals surface area contributed by atoms with E-state index in [1.165, 1.54) is 0 Å². The average molecular weight is 282 g/mol. The van der Waals surface area contributed by atoms with Crippen LogP contribution in [0.2, 0.25) is 0 Å². The Morgan fingerprint density at radius 1 is 1.10 bits per heavy atom. The lowest BCUT2D eigenvalue weighted by molar-refractivity contribution is 0.964. The lowest BCUT2D eigenvalue weighted by atomic mass is 10.1. The third kappa shape index (κ3) is 2.53. The third-order valence-corrected chi connectivity index (χ3v) is 3.10. The van der Waals surface area contributed by atoms with Crippen molar-refractivity contribution in [1.29, 1.82) is 0 Å². The zero-order chi connectivity index (χ0) is 14.8. The fraction of sp³-hybridized carbons (Fsp3) is 0.143. The summed E-state index contributed by atoms with van der Waals surface area (Å²) in [4.78, 5) is 16.8. The summed E-state index contributed by atoms with van der Waals surface area (Å²) in [6.45, 7) is 0. The van der Waals surface area contributed by atoms with Crippen molar-refractivity contribution in [2.24, 2.45) is 0 Å². The molecule has 106 valence electrons. The summed E-state index contributed by atoms with van der Waals surface area (Å²) in [5.74, 6) is 0.760. The molecule has 7 heteroatoms. The number of hydrogen-bond donors (Lipinski definition) is 2. The molecule has 0 aliphatic rings. The molecule has 21 heavy (non-hydrogen) atoms. The number of rotatable bonds is 3. The van der Waals surface area contributed by atoms with Crippen molar-refractivity contribution in [3.05, 3.63) is 47.0 Å². The molecule has 0 radical (unpaired) electrons. The minimum atomic E-state index is -0.188. The van der Waals surface area contributed by atoms with E-state index in [1.807, 2.05) is 37.2 Å². The predicted molar refractivity (Wildman–Crippen MR) is 80.0 cm³/mol. The molecule has 0 atom stereocenters. The number of H-pyrrole nitrogens is 2. The van der Waals surface area contributed by atoms with Gasteiger partial charge in [0.2, 0.25) is 0 Å². The smallest absolute Gasteiger partial charge is 0.256 e. The molecule has 3 aromatic rings. The molecule has 2 N–H and O–H groups in total. The van der Waals surface area contributed by atoms with E-state index in [1.54, 1.807) is 18.5 Å². The molecule has 0 aromatic carbocycles. The van der Waals surface area contributed by atoms with Gasteiger partial charge in [-0.25, -0.2) is 0 Å². The van der Waals surface area contributed by atoms with Crippen LogP contribution in [-0.2, 0) is 0 Å². The average Bonchev–Trinajstić information content (AvgIpc) is 3.01. The van der Waals surface area contributed by atoms with Crippen molar-refractivity contribution in [2.45, 2.75) is 0 Å². The van der Waals surface area contributed by atoms with Crippen LogP contribution < -0.4 is 10.5 Å². The Morgan fingerprint density at radius 2 is 1.95 bits per heavy atom. The molecule has 0 saturated carbocycles. The summed E-state index contributed by atoms with van der Waals surface area (Å²) in [5.41, 5.74) is 2.37. The van der Waals surface area contributed by atoms with Crippen LogP contribution in [-0.4, -0.2) is 39.5 Å². The number of anilines is 1. The van der Waals surface area contributed by atoms with Crippen molar-refractivity contribution in [1.82, 2.24) is 25.4 Å². The van der Waals surface area contributed by atoms with Gasteiger partial charge in [-0.3, -0.25) is 9.89 Å². The molecule has 7 nitrogen and oxygen atoms in total. The van der Waals surface area contributed by atoms with Crippen LogP contribution in [0.1, 0.15) is 0 Å². The molecule has 0 amide bonds. The lowest BCUT2D eigenvalue weighted by Gasteiger charge is -2.10. The SMILES string of the molecule is CN(C)c1ccc(-c2ccc(-c3cn[nH]c3)c(=O)[nH]2)nn1. The fourth-order valence-corrected chi connectivity index (χ4v) is 1.96. The highest BCUT2D eigenvalue weighted by atomic mass is 16.1. The first kappa shape index (κ1) is 13.0. The zero-order valence-electron chi connectivity index (χ0n) is 11.7. The van der Waals surface area contributed by atoms with Crippen LogP contribution in [0.15, 0.2) is 41.5 Å². The second-order valence-corrected chi connectivity index (χ2v) is 4.77. The van der Waals surface area contributed by atoms with Gasteiger partial charge in [0.15, 0.2) is 5.82 Å². The standard InChI is InChI=1S/C14H14N6O/c1-20(2)13-6-5-12(18-19-13)11-4-3-10(14(21)17-11)9-7-15-16-8-9/h3-8H,1-2H3,(H,15,16)(H,17,21). The number of hydrogen-bond acceptors (Lipinski definition) is 5. The van der Waals surface area contributed by atoms with Gasteiger partial charge < -0.3 is 9.88 Å². The molecular formula is C14H14N6O. The Labute approximate surface area is 120 Å². The molecule has 0 aliphatic heterocycles. The van der Waals surface area contributed by atoms with E-state index in [4.69, 9.17) is 0 Å². The number of nitrogens with zero attached hydrogens (tertiary/aromatic N) is 4. The molecule has 0 fully saturated rings. The second kappa shape index (κ2) is 5.20. The lowest BCUT2D eigenvalue weighted by Crippen LogP contribution is -2.12.